The van der Waals surface area contributed by atoms with Gasteiger partial charge in [-0.05, 0) is 99.6 Å². The number of aliphatic hydroxyl groups excluding tert-OH is 1. The Balaban J connectivity index is 1.32. The van der Waals surface area contributed by atoms with E-state index in [1.54, 1.807) is 17.7 Å². The van der Waals surface area contributed by atoms with E-state index < -0.39 is 16.1 Å². The number of benzene rings is 1. The molecular formula is C29H38N6O3S. The van der Waals surface area contributed by atoms with Crippen molar-refractivity contribution in [3.63, 3.8) is 0 Å². The fraction of sp³-hybridized carbons (Fsp3) is 0.552. The summed E-state index contributed by atoms with van der Waals surface area (Å²) in [6.45, 7) is 5.50. The lowest BCUT2D eigenvalue weighted by atomic mass is 9.93. The van der Waals surface area contributed by atoms with Gasteiger partial charge in [0.1, 0.15) is 5.69 Å². The molecule has 39 heavy (non-hydrogen) atoms. The number of hydrogen-bond acceptors (Lipinski definition) is 7. The number of nitrogens with zero attached hydrogens (tertiary/aromatic N) is 5. The Bertz CT molecular complexity index is 1450. The van der Waals surface area contributed by atoms with Crippen molar-refractivity contribution in [2.45, 2.75) is 71.3 Å². The van der Waals surface area contributed by atoms with Crippen LogP contribution in [-0.2, 0) is 10.0 Å². The van der Waals surface area contributed by atoms with E-state index in [-0.39, 0.29) is 11.7 Å². The normalized spacial score (nSPS) is 19.9. The van der Waals surface area contributed by atoms with E-state index in [4.69, 9.17) is 4.98 Å². The third-order valence-corrected chi connectivity index (χ3v) is 10.2. The molecule has 3 aromatic rings. The van der Waals surface area contributed by atoms with Crippen LogP contribution in [0.1, 0.15) is 75.7 Å². The first kappa shape index (κ1) is 26.3. The van der Waals surface area contributed by atoms with Gasteiger partial charge in [0.05, 0.1) is 46.5 Å². The number of hydrogen-bond donors (Lipinski definition) is 2. The van der Waals surface area contributed by atoms with Crippen LogP contribution in [0.15, 0.2) is 36.5 Å². The van der Waals surface area contributed by atoms with Gasteiger partial charge in [-0.2, -0.15) is 0 Å². The molecule has 0 amide bonds. The van der Waals surface area contributed by atoms with Gasteiger partial charge in [0.25, 0.3) is 0 Å². The molecule has 1 aromatic carbocycles. The SMILES string of the molecule is CCS(=O)(=O)Nc1ccc(-n2cc(-c3cc(C)cc(C(O)C4CCCC4)n3)nn2)c(N2CCC3(CC2)CC3)c1. The number of aliphatic hydroxyl groups is 1. The monoisotopic (exact) mass is 550 g/mol. The molecule has 3 fully saturated rings. The van der Waals surface area contributed by atoms with Gasteiger partial charge in [-0.3, -0.25) is 4.72 Å². The van der Waals surface area contributed by atoms with Gasteiger partial charge in [-0.15, -0.1) is 5.10 Å². The Kier molecular flexibility index (Phi) is 6.87. The average Bonchev–Trinajstić information content (AvgIpc) is 3.31. The van der Waals surface area contributed by atoms with Crippen LogP contribution >= 0.6 is 0 Å². The molecule has 0 bridgehead atoms. The number of rotatable bonds is 8. The van der Waals surface area contributed by atoms with Gasteiger partial charge < -0.3 is 10.0 Å². The van der Waals surface area contributed by atoms with E-state index in [1.165, 1.54) is 12.8 Å². The first-order chi connectivity index (χ1) is 18.7. The summed E-state index contributed by atoms with van der Waals surface area (Å²) in [7, 11) is -3.39. The molecular weight excluding hydrogens is 512 g/mol. The van der Waals surface area contributed by atoms with Crippen LogP contribution in [0.4, 0.5) is 11.4 Å². The molecule has 3 heterocycles. The molecule has 3 aliphatic rings. The van der Waals surface area contributed by atoms with Crippen LogP contribution in [0.25, 0.3) is 17.1 Å². The second kappa shape index (κ2) is 10.2. The van der Waals surface area contributed by atoms with Crippen molar-refractivity contribution in [2.75, 3.05) is 28.5 Å². The van der Waals surface area contributed by atoms with E-state index >= 15 is 0 Å². The van der Waals surface area contributed by atoms with Crippen molar-refractivity contribution in [1.29, 1.82) is 0 Å². The van der Waals surface area contributed by atoms with E-state index in [2.05, 4.69) is 19.9 Å². The lowest BCUT2D eigenvalue weighted by Crippen LogP contribution is -2.35. The Morgan fingerprint density at radius 2 is 1.79 bits per heavy atom. The average molecular weight is 551 g/mol. The third-order valence-electron chi connectivity index (χ3n) is 8.89. The van der Waals surface area contributed by atoms with E-state index in [0.717, 1.165) is 68.6 Å². The number of piperidine rings is 1. The number of aromatic nitrogens is 4. The lowest BCUT2D eigenvalue weighted by Gasteiger charge is -2.35. The number of pyridine rings is 1. The van der Waals surface area contributed by atoms with Crippen LogP contribution in [0.5, 0.6) is 0 Å². The Hall–Kier alpha value is -2.98. The van der Waals surface area contributed by atoms with Crippen molar-refractivity contribution >= 4 is 21.4 Å². The summed E-state index contributed by atoms with van der Waals surface area (Å²) >= 11 is 0. The fourth-order valence-corrected chi connectivity index (χ4v) is 6.81. The molecule has 1 saturated heterocycles. The highest BCUT2D eigenvalue weighted by Crippen LogP contribution is 2.54. The molecule has 10 heteroatoms. The molecule has 2 N–H and O–H groups in total. The minimum Gasteiger partial charge on any atom is -0.387 e. The van der Waals surface area contributed by atoms with Crippen LogP contribution in [0.2, 0.25) is 0 Å². The largest absolute Gasteiger partial charge is 0.387 e. The minimum absolute atomic E-state index is 0.0175. The molecule has 6 rings (SSSR count). The summed E-state index contributed by atoms with van der Waals surface area (Å²) in [5.74, 6) is 0.275. The third kappa shape index (κ3) is 5.54. The first-order valence-electron chi connectivity index (χ1n) is 14.2. The van der Waals surface area contributed by atoms with Crippen LogP contribution < -0.4 is 9.62 Å². The molecule has 2 aromatic heterocycles. The van der Waals surface area contributed by atoms with Crippen molar-refractivity contribution in [3.05, 3.63) is 47.8 Å². The molecule has 9 nitrogen and oxygen atoms in total. The quantitative estimate of drug-likeness (QED) is 0.406. The molecule has 2 aliphatic carbocycles. The predicted octanol–water partition coefficient (Wildman–Crippen LogP) is 5.00. The van der Waals surface area contributed by atoms with Gasteiger partial charge in [0.2, 0.25) is 10.0 Å². The second-order valence-electron chi connectivity index (χ2n) is 11.7. The smallest absolute Gasteiger partial charge is 0.232 e. The van der Waals surface area contributed by atoms with Crippen LogP contribution in [-0.4, -0.2) is 52.3 Å². The van der Waals surface area contributed by atoms with Crippen molar-refractivity contribution in [3.8, 4) is 17.1 Å². The summed E-state index contributed by atoms with van der Waals surface area (Å²) < 4.78 is 29.0. The molecule has 0 radical (unpaired) electrons. The highest BCUT2D eigenvalue weighted by atomic mass is 32.2. The molecule has 1 atom stereocenters. The maximum atomic E-state index is 12.3. The number of nitrogens with one attached hydrogen (secondary N) is 1. The maximum absolute atomic E-state index is 12.3. The summed E-state index contributed by atoms with van der Waals surface area (Å²) in [5.41, 5.74) is 5.90. The standard InChI is InChI=1S/C29H38N6O3S/c1-3-39(37,38)32-22-8-9-26(27(18-22)34-14-12-29(10-11-29)13-15-34)35-19-25(31-33-35)23-16-20(2)17-24(30-23)28(36)21-6-4-5-7-21/h8-9,16-19,21,28,32,36H,3-7,10-15H2,1-2H3. The number of anilines is 2. The topological polar surface area (TPSA) is 113 Å². The van der Waals surface area contributed by atoms with Gasteiger partial charge in [0.15, 0.2) is 0 Å². The Labute approximate surface area is 230 Å². The molecule has 1 unspecified atom stereocenters. The second-order valence-corrected chi connectivity index (χ2v) is 13.7. The zero-order valence-corrected chi connectivity index (χ0v) is 23.6. The zero-order valence-electron chi connectivity index (χ0n) is 22.8. The molecule has 1 aliphatic heterocycles. The van der Waals surface area contributed by atoms with Gasteiger partial charge in [-0.25, -0.2) is 18.1 Å². The summed E-state index contributed by atoms with van der Waals surface area (Å²) in [4.78, 5) is 7.14. The molecule has 1 spiro atoms. The fourth-order valence-electron chi connectivity index (χ4n) is 6.17. The van der Waals surface area contributed by atoms with Crippen molar-refractivity contribution in [1.82, 2.24) is 20.0 Å². The van der Waals surface area contributed by atoms with Gasteiger partial charge >= 0.3 is 0 Å². The Morgan fingerprint density at radius 3 is 2.49 bits per heavy atom. The minimum atomic E-state index is -3.39. The highest BCUT2D eigenvalue weighted by molar-refractivity contribution is 7.92. The van der Waals surface area contributed by atoms with Gasteiger partial charge in [-0.1, -0.05) is 18.1 Å². The van der Waals surface area contributed by atoms with Crippen LogP contribution in [0, 0.1) is 18.3 Å². The number of aryl methyl sites for hydroxylation is 1. The highest BCUT2D eigenvalue weighted by Gasteiger charge is 2.44. The van der Waals surface area contributed by atoms with E-state index in [9.17, 15) is 13.5 Å². The van der Waals surface area contributed by atoms with Gasteiger partial charge in [0, 0.05) is 13.1 Å². The summed E-state index contributed by atoms with van der Waals surface area (Å²) in [6.07, 6.45) is 10.6. The van der Waals surface area contributed by atoms with Crippen molar-refractivity contribution in [2.24, 2.45) is 11.3 Å². The molecule has 208 valence electrons. The first-order valence-corrected chi connectivity index (χ1v) is 15.9. The van der Waals surface area contributed by atoms with Crippen LogP contribution in [0.3, 0.4) is 0 Å². The number of sulfonamides is 1. The maximum Gasteiger partial charge on any atom is 0.232 e. The van der Waals surface area contributed by atoms with Crippen molar-refractivity contribution < 1.29 is 13.5 Å². The summed E-state index contributed by atoms with van der Waals surface area (Å²) in [6, 6.07) is 9.54. The summed E-state index contributed by atoms with van der Waals surface area (Å²) in [5, 5.41) is 19.9. The zero-order chi connectivity index (χ0) is 27.2. The Morgan fingerprint density at radius 1 is 1.05 bits per heavy atom. The predicted molar refractivity (Wildman–Crippen MR) is 152 cm³/mol. The lowest BCUT2D eigenvalue weighted by molar-refractivity contribution is 0.107. The van der Waals surface area contributed by atoms with E-state index in [0.29, 0.717) is 28.2 Å². The molecule has 2 saturated carbocycles. The van der Waals surface area contributed by atoms with E-state index in [1.807, 2.05) is 37.4 Å².